The van der Waals surface area contributed by atoms with Crippen LogP contribution in [-0.4, -0.2) is 12.1 Å². The van der Waals surface area contributed by atoms with Crippen LogP contribution >= 0.6 is 0 Å². The predicted octanol–water partition coefficient (Wildman–Crippen LogP) is 3.64. The molecule has 0 spiro atoms. The van der Waals surface area contributed by atoms with Gasteiger partial charge in [0.25, 0.3) is 0 Å². The van der Waals surface area contributed by atoms with E-state index in [0.29, 0.717) is 12.2 Å². The molecule has 0 atom stereocenters. The molecule has 4 aliphatic rings. The highest BCUT2D eigenvalue weighted by Gasteiger charge is 2.51. The minimum Gasteiger partial charge on any atom is -0.460 e. The molecule has 0 radical (unpaired) electrons. The first-order chi connectivity index (χ1) is 10.6. The molecule has 4 fully saturated rings. The van der Waals surface area contributed by atoms with Gasteiger partial charge >= 0.3 is 0 Å². The summed E-state index contributed by atoms with van der Waals surface area (Å²) in [4.78, 5) is 12.3. The molecule has 0 aliphatic heterocycles. The van der Waals surface area contributed by atoms with E-state index in [1.54, 1.807) is 6.21 Å². The van der Waals surface area contributed by atoms with E-state index >= 15 is 0 Å². The van der Waals surface area contributed by atoms with Gasteiger partial charge in [-0.3, -0.25) is 4.79 Å². The lowest BCUT2D eigenvalue weighted by Gasteiger charge is -2.56. The average molecular weight is 300 g/mol. The first-order valence-corrected chi connectivity index (χ1v) is 8.49. The van der Waals surface area contributed by atoms with Gasteiger partial charge in [0, 0.05) is 6.42 Å². The van der Waals surface area contributed by atoms with Crippen LogP contribution in [0.1, 0.15) is 56.5 Å². The number of carbonyl (C=O) groups is 1. The van der Waals surface area contributed by atoms with Crippen molar-refractivity contribution < 1.29 is 9.21 Å². The van der Waals surface area contributed by atoms with Crippen LogP contribution in [-0.2, 0) is 4.79 Å². The van der Waals surface area contributed by atoms with E-state index < -0.39 is 0 Å². The molecule has 0 aromatic carbocycles. The lowest BCUT2D eigenvalue weighted by molar-refractivity contribution is -0.129. The molecule has 1 amide bonds. The van der Waals surface area contributed by atoms with Gasteiger partial charge in [-0.15, -0.1) is 0 Å². The molecule has 0 saturated heterocycles. The van der Waals surface area contributed by atoms with Crippen molar-refractivity contribution in [2.45, 2.75) is 51.9 Å². The number of aryl methyl sites for hydroxylation is 1. The van der Waals surface area contributed by atoms with Crippen LogP contribution in [0.3, 0.4) is 0 Å². The summed E-state index contributed by atoms with van der Waals surface area (Å²) >= 11 is 0. The smallest absolute Gasteiger partial charge is 0.240 e. The van der Waals surface area contributed by atoms with E-state index in [2.05, 4.69) is 10.5 Å². The zero-order valence-electron chi connectivity index (χ0n) is 13.2. The summed E-state index contributed by atoms with van der Waals surface area (Å²) in [5, 5.41) is 4.03. The van der Waals surface area contributed by atoms with Crippen LogP contribution in [0.5, 0.6) is 0 Å². The number of rotatable bonds is 4. The van der Waals surface area contributed by atoms with E-state index in [0.717, 1.165) is 23.5 Å². The van der Waals surface area contributed by atoms with Gasteiger partial charge in [-0.2, -0.15) is 5.10 Å². The maximum Gasteiger partial charge on any atom is 0.240 e. The molecule has 1 heterocycles. The number of hydrogen-bond donors (Lipinski definition) is 1. The molecular weight excluding hydrogens is 276 g/mol. The van der Waals surface area contributed by atoms with Gasteiger partial charge in [0.05, 0.1) is 6.21 Å². The zero-order chi connectivity index (χ0) is 15.2. The van der Waals surface area contributed by atoms with Crippen molar-refractivity contribution in [2.24, 2.45) is 28.3 Å². The molecule has 4 aliphatic carbocycles. The number of furan rings is 1. The molecule has 1 aromatic heterocycles. The predicted molar refractivity (Wildman–Crippen MR) is 84.4 cm³/mol. The number of carbonyl (C=O) groups excluding carboxylic acids is 1. The Labute approximate surface area is 131 Å². The fourth-order valence-electron chi connectivity index (χ4n) is 5.58. The molecule has 4 bridgehead atoms. The van der Waals surface area contributed by atoms with E-state index in [9.17, 15) is 4.79 Å². The number of nitrogens with one attached hydrogen (secondary N) is 1. The fourth-order valence-corrected chi connectivity index (χ4v) is 5.58. The Morgan fingerprint density at radius 1 is 1.27 bits per heavy atom. The van der Waals surface area contributed by atoms with Crippen molar-refractivity contribution >= 4 is 12.1 Å². The molecule has 4 heteroatoms. The van der Waals surface area contributed by atoms with Crippen molar-refractivity contribution in [3.63, 3.8) is 0 Å². The minimum absolute atomic E-state index is 0.0569. The molecule has 118 valence electrons. The number of nitrogens with zero attached hydrogens (tertiary/aromatic N) is 1. The largest absolute Gasteiger partial charge is 0.460 e. The molecule has 4 nitrogen and oxygen atoms in total. The Bertz CT molecular complexity index is 567. The minimum atomic E-state index is 0.0569. The highest BCUT2D eigenvalue weighted by atomic mass is 16.3. The van der Waals surface area contributed by atoms with E-state index in [-0.39, 0.29) is 11.3 Å². The van der Waals surface area contributed by atoms with Gasteiger partial charge in [-0.25, -0.2) is 5.43 Å². The zero-order valence-corrected chi connectivity index (χ0v) is 13.2. The third-order valence-corrected chi connectivity index (χ3v) is 5.84. The van der Waals surface area contributed by atoms with E-state index in [1.165, 1.54) is 38.5 Å². The van der Waals surface area contributed by atoms with Gasteiger partial charge in [-0.1, -0.05) is 0 Å². The second-order valence-electron chi connectivity index (χ2n) is 7.84. The molecule has 5 rings (SSSR count). The maximum atomic E-state index is 12.3. The topological polar surface area (TPSA) is 54.6 Å². The standard InChI is InChI=1S/C18H24N2O2/c1-12-2-3-16(22-12)11-19-20-17(21)10-18-7-13-4-14(8-18)6-15(5-13)9-18/h2-3,11,13-15H,4-10H2,1H3,(H,20,21)/b19-11+. The summed E-state index contributed by atoms with van der Waals surface area (Å²) in [5.41, 5.74) is 2.96. The molecule has 1 aromatic rings. The summed E-state index contributed by atoms with van der Waals surface area (Å²) in [6, 6.07) is 3.74. The highest BCUT2D eigenvalue weighted by molar-refractivity contribution is 5.80. The Kier molecular flexibility index (Phi) is 3.35. The number of hydrazone groups is 1. The van der Waals surface area contributed by atoms with Gasteiger partial charge in [0.1, 0.15) is 11.5 Å². The van der Waals surface area contributed by atoms with Crippen LogP contribution < -0.4 is 5.43 Å². The Morgan fingerprint density at radius 3 is 2.45 bits per heavy atom. The highest BCUT2D eigenvalue weighted by Crippen LogP contribution is 2.61. The Hall–Kier alpha value is -1.58. The van der Waals surface area contributed by atoms with Crippen LogP contribution in [0.2, 0.25) is 0 Å². The molecule has 22 heavy (non-hydrogen) atoms. The van der Waals surface area contributed by atoms with Crippen LogP contribution in [0, 0.1) is 30.1 Å². The normalized spacial score (nSPS) is 36.1. The van der Waals surface area contributed by atoms with Gasteiger partial charge in [0.2, 0.25) is 5.91 Å². The maximum absolute atomic E-state index is 12.3. The van der Waals surface area contributed by atoms with Gasteiger partial charge in [-0.05, 0) is 80.8 Å². The van der Waals surface area contributed by atoms with E-state index in [4.69, 9.17) is 4.42 Å². The third kappa shape index (κ3) is 2.71. The monoisotopic (exact) mass is 300 g/mol. The lowest BCUT2D eigenvalue weighted by atomic mass is 9.49. The van der Waals surface area contributed by atoms with Crippen LogP contribution in [0.4, 0.5) is 0 Å². The molecular formula is C18H24N2O2. The lowest BCUT2D eigenvalue weighted by Crippen LogP contribution is -2.47. The molecule has 4 saturated carbocycles. The third-order valence-electron chi connectivity index (χ3n) is 5.84. The number of amides is 1. The summed E-state index contributed by atoms with van der Waals surface area (Å²) < 4.78 is 5.40. The summed E-state index contributed by atoms with van der Waals surface area (Å²) in [6.45, 7) is 1.89. The molecule has 0 unspecified atom stereocenters. The quantitative estimate of drug-likeness (QED) is 0.681. The first-order valence-electron chi connectivity index (χ1n) is 8.49. The van der Waals surface area contributed by atoms with Crippen molar-refractivity contribution in [1.82, 2.24) is 5.43 Å². The fraction of sp³-hybridized carbons (Fsp3) is 0.667. The summed E-state index contributed by atoms with van der Waals surface area (Å²) in [7, 11) is 0. The van der Waals surface area contributed by atoms with E-state index in [1.807, 2.05) is 19.1 Å². The van der Waals surface area contributed by atoms with Crippen molar-refractivity contribution in [3.8, 4) is 0 Å². The van der Waals surface area contributed by atoms with Crippen molar-refractivity contribution in [3.05, 3.63) is 23.7 Å². The van der Waals surface area contributed by atoms with Gasteiger partial charge in [0.15, 0.2) is 0 Å². The Morgan fingerprint density at radius 2 is 1.91 bits per heavy atom. The summed E-state index contributed by atoms with van der Waals surface area (Å²) in [5.74, 6) is 4.23. The second-order valence-corrected chi connectivity index (χ2v) is 7.84. The Balaban J connectivity index is 1.35. The van der Waals surface area contributed by atoms with Crippen LogP contribution in [0.25, 0.3) is 0 Å². The average Bonchev–Trinajstić information content (AvgIpc) is 2.82. The second kappa shape index (κ2) is 5.25. The number of hydrogen-bond acceptors (Lipinski definition) is 3. The SMILES string of the molecule is Cc1ccc(/C=N/NC(=O)CC23CC4CC(CC(C4)C2)C3)o1. The summed E-state index contributed by atoms with van der Waals surface area (Å²) in [6.07, 6.45) is 10.2. The van der Waals surface area contributed by atoms with Crippen molar-refractivity contribution in [2.75, 3.05) is 0 Å². The first kappa shape index (κ1) is 14.0. The molecule has 1 N–H and O–H groups in total. The van der Waals surface area contributed by atoms with Gasteiger partial charge < -0.3 is 4.42 Å². The van der Waals surface area contributed by atoms with Crippen molar-refractivity contribution in [1.29, 1.82) is 0 Å². The van der Waals surface area contributed by atoms with Crippen LogP contribution in [0.15, 0.2) is 21.7 Å².